The Bertz CT molecular complexity index is 436. The molecular weight excluding hydrogens is 480 g/mol. The Morgan fingerprint density at radius 2 is 0.903 bits per heavy atom. The van der Waals surface area contributed by atoms with Crippen molar-refractivity contribution in [2.75, 3.05) is 74.5 Å². The average molecular weight is 517 g/mol. The molecule has 0 spiro atoms. The van der Waals surface area contributed by atoms with Crippen LogP contribution in [0, 0.1) is 5.41 Å². The van der Waals surface area contributed by atoms with Gasteiger partial charge in [0.15, 0.2) is 0 Å². The highest BCUT2D eigenvalue weighted by Crippen LogP contribution is 2.23. The molecule has 0 aliphatic heterocycles. The standard InChI is InChI=1S/C18H30O7S4.C2H6/c1-14(6-26-2)22-10-18(11-23-15(19)7-27-3,12-24-16(20)8-28-4)13-25-17(21)9-29-5;1-2/h1,6-13H2,2-5H3;1-2H3. The van der Waals surface area contributed by atoms with Crippen LogP contribution in [-0.2, 0) is 33.3 Å². The molecule has 31 heavy (non-hydrogen) atoms. The molecule has 0 saturated heterocycles. The molecule has 0 aliphatic rings. The molecule has 0 saturated carbocycles. The van der Waals surface area contributed by atoms with E-state index in [0.29, 0.717) is 11.5 Å². The highest BCUT2D eigenvalue weighted by Gasteiger charge is 2.37. The minimum Gasteiger partial charge on any atom is -0.497 e. The number of ether oxygens (including phenoxy) is 4. The van der Waals surface area contributed by atoms with E-state index in [0.717, 1.165) is 0 Å². The summed E-state index contributed by atoms with van der Waals surface area (Å²) in [4.78, 5) is 35.7. The SMILES string of the molecule is C=C(CSC)OCC(COC(=O)CSC)(COC(=O)CSC)COC(=O)CSC.CC. The summed E-state index contributed by atoms with van der Waals surface area (Å²) in [7, 11) is 0. The summed E-state index contributed by atoms with van der Waals surface area (Å²) in [5.41, 5.74) is -1.03. The van der Waals surface area contributed by atoms with Gasteiger partial charge in [-0.3, -0.25) is 14.4 Å². The Morgan fingerprint density at radius 1 is 0.613 bits per heavy atom. The monoisotopic (exact) mass is 516 g/mol. The quantitative estimate of drug-likeness (QED) is 0.161. The van der Waals surface area contributed by atoms with Gasteiger partial charge in [0.1, 0.15) is 31.8 Å². The first-order valence-corrected chi connectivity index (χ1v) is 15.1. The molecule has 0 bridgehead atoms. The van der Waals surface area contributed by atoms with E-state index in [2.05, 4.69) is 6.58 Å². The van der Waals surface area contributed by atoms with Gasteiger partial charge in [-0.2, -0.15) is 47.0 Å². The molecule has 0 heterocycles. The molecule has 0 rings (SSSR count). The van der Waals surface area contributed by atoms with Gasteiger partial charge < -0.3 is 18.9 Å². The molecule has 0 N–H and O–H groups in total. The molecule has 182 valence electrons. The van der Waals surface area contributed by atoms with Gasteiger partial charge in [-0.05, 0) is 25.0 Å². The number of carbonyl (C=O) groups excluding carboxylic acids is 3. The van der Waals surface area contributed by atoms with Crippen LogP contribution in [0.1, 0.15) is 13.8 Å². The summed E-state index contributed by atoms with van der Waals surface area (Å²) >= 11 is 5.55. The Hall–Kier alpha value is -0.650. The first-order valence-electron chi connectivity index (χ1n) is 9.55. The second kappa shape index (κ2) is 21.2. The van der Waals surface area contributed by atoms with Crippen molar-refractivity contribution >= 4 is 65.0 Å². The molecule has 0 unspecified atom stereocenters. The van der Waals surface area contributed by atoms with Gasteiger partial charge in [0, 0.05) is 0 Å². The maximum absolute atomic E-state index is 11.9. The van der Waals surface area contributed by atoms with Crippen molar-refractivity contribution in [1.82, 2.24) is 0 Å². The second-order valence-corrected chi connectivity index (χ2v) is 9.51. The molecule has 0 amide bonds. The first-order chi connectivity index (χ1) is 14.8. The van der Waals surface area contributed by atoms with E-state index in [1.807, 2.05) is 20.1 Å². The van der Waals surface area contributed by atoms with Crippen molar-refractivity contribution in [3.8, 4) is 0 Å². The van der Waals surface area contributed by atoms with Gasteiger partial charge in [0.05, 0.1) is 28.8 Å². The van der Waals surface area contributed by atoms with Crippen molar-refractivity contribution in [2.24, 2.45) is 5.41 Å². The maximum Gasteiger partial charge on any atom is 0.315 e. The van der Waals surface area contributed by atoms with Crippen LogP contribution >= 0.6 is 47.0 Å². The van der Waals surface area contributed by atoms with Crippen LogP contribution in [0.25, 0.3) is 0 Å². The number of rotatable bonds is 17. The Balaban J connectivity index is 0. The van der Waals surface area contributed by atoms with Crippen LogP contribution in [0.5, 0.6) is 0 Å². The summed E-state index contributed by atoms with van der Waals surface area (Å²) in [5.74, 6) is 0.462. The molecule has 0 radical (unpaired) electrons. The van der Waals surface area contributed by atoms with Crippen molar-refractivity contribution in [2.45, 2.75) is 13.8 Å². The fourth-order valence-corrected chi connectivity index (χ4v) is 3.25. The molecule has 0 atom stereocenters. The van der Waals surface area contributed by atoms with Crippen LogP contribution in [0.3, 0.4) is 0 Å². The highest BCUT2D eigenvalue weighted by molar-refractivity contribution is 7.99. The third-order valence-corrected chi connectivity index (χ3v) is 5.48. The smallest absolute Gasteiger partial charge is 0.315 e. The van der Waals surface area contributed by atoms with Crippen molar-refractivity contribution in [1.29, 1.82) is 0 Å². The second-order valence-electron chi connectivity index (χ2n) is 6.04. The predicted octanol–water partition coefficient (Wildman–Crippen LogP) is 3.61. The lowest BCUT2D eigenvalue weighted by molar-refractivity contribution is -0.162. The fourth-order valence-electron chi connectivity index (χ4n) is 1.89. The number of esters is 3. The third kappa shape index (κ3) is 17.6. The van der Waals surface area contributed by atoms with E-state index in [1.54, 1.807) is 30.5 Å². The van der Waals surface area contributed by atoms with Gasteiger partial charge in [-0.25, -0.2) is 0 Å². The van der Waals surface area contributed by atoms with E-state index < -0.39 is 23.3 Å². The molecule has 11 heteroatoms. The van der Waals surface area contributed by atoms with Gasteiger partial charge in [0.25, 0.3) is 0 Å². The van der Waals surface area contributed by atoms with Crippen LogP contribution in [-0.4, -0.2) is 92.4 Å². The lowest BCUT2D eigenvalue weighted by Gasteiger charge is -2.32. The normalized spacial score (nSPS) is 10.4. The zero-order valence-electron chi connectivity index (χ0n) is 19.4. The number of carbonyl (C=O) groups is 3. The van der Waals surface area contributed by atoms with E-state index in [-0.39, 0.29) is 43.7 Å². The topological polar surface area (TPSA) is 88.1 Å². The lowest BCUT2D eigenvalue weighted by Crippen LogP contribution is -2.43. The maximum atomic E-state index is 11.9. The molecule has 7 nitrogen and oxygen atoms in total. The minimum absolute atomic E-state index is 0.0258. The van der Waals surface area contributed by atoms with Crippen molar-refractivity contribution in [3.63, 3.8) is 0 Å². The predicted molar refractivity (Wildman–Crippen MR) is 135 cm³/mol. The van der Waals surface area contributed by atoms with Crippen molar-refractivity contribution in [3.05, 3.63) is 12.3 Å². The largest absolute Gasteiger partial charge is 0.497 e. The summed E-state index contributed by atoms with van der Waals surface area (Å²) in [5, 5.41) is 0. The van der Waals surface area contributed by atoms with Gasteiger partial charge >= 0.3 is 17.9 Å². The lowest BCUT2D eigenvalue weighted by atomic mass is 9.92. The highest BCUT2D eigenvalue weighted by atomic mass is 32.2. The molecular formula is C20H36O7S4. The van der Waals surface area contributed by atoms with Crippen LogP contribution < -0.4 is 0 Å². The molecule has 0 aromatic carbocycles. The van der Waals surface area contributed by atoms with E-state index >= 15 is 0 Å². The Morgan fingerprint density at radius 3 is 1.19 bits per heavy atom. The summed E-state index contributed by atoms with van der Waals surface area (Å²) in [6.07, 6.45) is 7.29. The average Bonchev–Trinajstić information content (AvgIpc) is 2.75. The summed E-state index contributed by atoms with van der Waals surface area (Å²) < 4.78 is 21.8. The van der Waals surface area contributed by atoms with E-state index in [9.17, 15) is 14.4 Å². The van der Waals surface area contributed by atoms with E-state index in [4.69, 9.17) is 18.9 Å². The first kappa shape index (κ1) is 32.5. The van der Waals surface area contributed by atoms with Gasteiger partial charge in [-0.15, -0.1) is 0 Å². The fraction of sp³-hybridized carbons (Fsp3) is 0.750. The number of hydrogen-bond donors (Lipinski definition) is 0. The molecule has 0 aliphatic carbocycles. The summed E-state index contributed by atoms with van der Waals surface area (Å²) in [6.45, 7) is 7.53. The molecule has 0 aromatic rings. The van der Waals surface area contributed by atoms with Crippen LogP contribution in [0.2, 0.25) is 0 Å². The Kier molecular flexibility index (Phi) is 22.3. The van der Waals surface area contributed by atoms with Crippen molar-refractivity contribution < 1.29 is 33.3 Å². The third-order valence-electron chi connectivity index (χ3n) is 3.29. The van der Waals surface area contributed by atoms with E-state index in [1.165, 1.54) is 35.3 Å². The Labute approximate surface area is 203 Å². The summed E-state index contributed by atoms with van der Waals surface area (Å²) in [6, 6.07) is 0. The molecule has 0 fully saturated rings. The minimum atomic E-state index is -1.03. The van der Waals surface area contributed by atoms with Gasteiger partial charge in [-0.1, -0.05) is 20.4 Å². The van der Waals surface area contributed by atoms with Crippen LogP contribution in [0.15, 0.2) is 12.3 Å². The zero-order chi connectivity index (χ0) is 24.1. The van der Waals surface area contributed by atoms with Crippen LogP contribution in [0.4, 0.5) is 0 Å². The number of hydrogen-bond acceptors (Lipinski definition) is 11. The zero-order valence-corrected chi connectivity index (χ0v) is 22.6. The number of thioether (sulfide) groups is 4. The van der Waals surface area contributed by atoms with Gasteiger partial charge in [0.2, 0.25) is 0 Å². The molecule has 0 aromatic heterocycles.